The molecule has 0 aliphatic carbocycles. The second-order valence-electron chi connectivity index (χ2n) is 6.85. The highest BCUT2D eigenvalue weighted by molar-refractivity contribution is 5.78. The molecule has 1 atom stereocenters. The van der Waals surface area contributed by atoms with Crippen LogP contribution in [-0.2, 0) is 17.9 Å². The van der Waals surface area contributed by atoms with Crippen molar-refractivity contribution in [2.24, 2.45) is 5.92 Å². The van der Waals surface area contributed by atoms with Crippen molar-refractivity contribution in [3.05, 3.63) is 71.5 Å². The molecule has 0 bridgehead atoms. The second kappa shape index (κ2) is 8.26. The monoisotopic (exact) mass is 340 g/mol. The first kappa shape index (κ1) is 17.6. The molecule has 1 saturated heterocycles. The van der Waals surface area contributed by atoms with Crippen LogP contribution in [-0.4, -0.2) is 35.8 Å². The topological polar surface area (TPSA) is 23.6 Å². The predicted molar refractivity (Wildman–Crippen MR) is 97.3 cm³/mol. The van der Waals surface area contributed by atoms with Crippen LogP contribution in [0.4, 0.5) is 4.39 Å². The Morgan fingerprint density at radius 3 is 2.64 bits per heavy atom. The Hall–Kier alpha value is -2.20. The first-order valence-corrected chi connectivity index (χ1v) is 8.88. The predicted octanol–water partition coefficient (Wildman–Crippen LogP) is 3.70. The quantitative estimate of drug-likeness (QED) is 0.829. The normalized spacial score (nSPS) is 18.1. The maximum Gasteiger partial charge on any atom is 0.227 e. The molecule has 0 aromatic heterocycles. The van der Waals surface area contributed by atoms with Gasteiger partial charge in [-0.25, -0.2) is 4.39 Å². The molecule has 0 N–H and O–H groups in total. The minimum atomic E-state index is -0.169. The average Bonchev–Trinajstić information content (AvgIpc) is 2.64. The van der Waals surface area contributed by atoms with Gasteiger partial charge in [-0.15, -0.1) is 0 Å². The molecule has 1 aliphatic heterocycles. The number of benzene rings is 2. The van der Waals surface area contributed by atoms with Crippen molar-refractivity contribution in [3.8, 4) is 0 Å². The number of hydrogen-bond donors (Lipinski definition) is 0. The number of carbonyl (C=O) groups is 1. The van der Waals surface area contributed by atoms with Gasteiger partial charge >= 0.3 is 0 Å². The van der Waals surface area contributed by atoms with Gasteiger partial charge in [0.2, 0.25) is 5.91 Å². The van der Waals surface area contributed by atoms with E-state index in [-0.39, 0.29) is 17.6 Å². The molecule has 0 spiro atoms. The highest BCUT2D eigenvalue weighted by Gasteiger charge is 2.28. The highest BCUT2D eigenvalue weighted by Crippen LogP contribution is 2.21. The molecule has 3 rings (SSSR count). The molecule has 0 radical (unpaired) electrons. The fourth-order valence-corrected chi connectivity index (χ4v) is 3.52. The standard InChI is InChI=1S/C21H25FN2O/c1-23(14-17-8-3-2-4-9-17)21(25)19-11-7-13-24(16-19)15-18-10-5-6-12-20(18)22/h2-6,8-10,12,19H,7,11,13-16H2,1H3/t19-/m1/s1. The minimum Gasteiger partial charge on any atom is -0.341 e. The molecule has 1 heterocycles. The average molecular weight is 340 g/mol. The van der Waals surface area contributed by atoms with Crippen LogP contribution in [0.3, 0.4) is 0 Å². The number of halogens is 1. The molecule has 2 aromatic carbocycles. The Balaban J connectivity index is 1.58. The van der Waals surface area contributed by atoms with E-state index in [0.717, 1.165) is 24.9 Å². The minimum absolute atomic E-state index is 0.00534. The fourth-order valence-electron chi connectivity index (χ4n) is 3.52. The molecule has 1 aliphatic rings. The van der Waals surface area contributed by atoms with Crippen molar-refractivity contribution in [2.75, 3.05) is 20.1 Å². The van der Waals surface area contributed by atoms with Crippen molar-refractivity contribution in [1.29, 1.82) is 0 Å². The van der Waals surface area contributed by atoms with Gasteiger partial charge in [-0.1, -0.05) is 48.5 Å². The summed E-state index contributed by atoms with van der Waals surface area (Å²) in [6.07, 6.45) is 1.88. The van der Waals surface area contributed by atoms with Crippen molar-refractivity contribution in [2.45, 2.75) is 25.9 Å². The summed E-state index contributed by atoms with van der Waals surface area (Å²) in [6, 6.07) is 16.9. The number of hydrogen-bond acceptors (Lipinski definition) is 2. The van der Waals surface area contributed by atoms with E-state index in [9.17, 15) is 9.18 Å². The van der Waals surface area contributed by atoms with E-state index in [1.165, 1.54) is 6.07 Å². The zero-order valence-corrected chi connectivity index (χ0v) is 14.7. The summed E-state index contributed by atoms with van der Waals surface area (Å²) in [6.45, 7) is 2.81. The van der Waals surface area contributed by atoms with E-state index < -0.39 is 0 Å². The zero-order valence-electron chi connectivity index (χ0n) is 14.7. The van der Waals surface area contributed by atoms with Crippen LogP contribution in [0.15, 0.2) is 54.6 Å². The molecular weight excluding hydrogens is 315 g/mol. The molecule has 0 saturated carbocycles. The maximum absolute atomic E-state index is 13.9. The SMILES string of the molecule is CN(Cc1ccccc1)C(=O)[C@@H]1CCCN(Cc2ccccc2F)C1. The molecule has 1 fully saturated rings. The van der Waals surface area contributed by atoms with E-state index in [1.807, 2.05) is 54.4 Å². The van der Waals surface area contributed by atoms with Gasteiger partial charge in [0.1, 0.15) is 5.82 Å². The first-order valence-electron chi connectivity index (χ1n) is 8.88. The summed E-state index contributed by atoms with van der Waals surface area (Å²) in [5.41, 5.74) is 1.84. The van der Waals surface area contributed by atoms with Gasteiger partial charge in [0.25, 0.3) is 0 Å². The van der Waals surface area contributed by atoms with Crippen LogP contribution in [0.25, 0.3) is 0 Å². The Kier molecular flexibility index (Phi) is 5.82. The smallest absolute Gasteiger partial charge is 0.227 e. The van der Waals surface area contributed by atoms with Crippen molar-refractivity contribution < 1.29 is 9.18 Å². The van der Waals surface area contributed by atoms with Gasteiger partial charge in [-0.05, 0) is 31.0 Å². The molecule has 25 heavy (non-hydrogen) atoms. The van der Waals surface area contributed by atoms with Crippen molar-refractivity contribution >= 4 is 5.91 Å². The number of amides is 1. The third kappa shape index (κ3) is 4.67. The van der Waals surface area contributed by atoms with E-state index in [4.69, 9.17) is 0 Å². The lowest BCUT2D eigenvalue weighted by atomic mass is 9.96. The second-order valence-corrected chi connectivity index (χ2v) is 6.85. The van der Waals surface area contributed by atoms with Gasteiger partial charge in [0.15, 0.2) is 0 Å². The molecule has 1 amide bonds. The third-order valence-electron chi connectivity index (χ3n) is 4.85. The van der Waals surface area contributed by atoms with Crippen LogP contribution in [0.1, 0.15) is 24.0 Å². The number of likely N-dealkylation sites (tertiary alicyclic amines) is 1. The van der Waals surface area contributed by atoms with Crippen LogP contribution in [0.5, 0.6) is 0 Å². The van der Waals surface area contributed by atoms with Crippen LogP contribution in [0.2, 0.25) is 0 Å². The van der Waals surface area contributed by atoms with Gasteiger partial charge in [0, 0.05) is 32.2 Å². The van der Waals surface area contributed by atoms with Crippen molar-refractivity contribution in [1.82, 2.24) is 9.80 Å². The van der Waals surface area contributed by atoms with Crippen LogP contribution in [0, 0.1) is 11.7 Å². The Bertz CT molecular complexity index is 704. The Morgan fingerprint density at radius 2 is 1.88 bits per heavy atom. The zero-order chi connectivity index (χ0) is 17.6. The van der Waals surface area contributed by atoms with Gasteiger partial charge in [-0.3, -0.25) is 9.69 Å². The highest BCUT2D eigenvalue weighted by atomic mass is 19.1. The third-order valence-corrected chi connectivity index (χ3v) is 4.85. The summed E-state index contributed by atoms with van der Waals surface area (Å²) in [7, 11) is 1.87. The number of piperidine rings is 1. The number of nitrogens with zero attached hydrogens (tertiary/aromatic N) is 2. The van der Waals surface area contributed by atoms with E-state index >= 15 is 0 Å². The lowest BCUT2D eigenvalue weighted by Crippen LogP contribution is -2.43. The number of rotatable bonds is 5. The Labute approximate surface area is 149 Å². The van der Waals surface area contributed by atoms with Gasteiger partial charge in [-0.2, -0.15) is 0 Å². The summed E-state index contributed by atoms with van der Waals surface area (Å²) in [5, 5.41) is 0. The summed E-state index contributed by atoms with van der Waals surface area (Å²) in [5.74, 6) is 0.00784. The molecule has 4 heteroatoms. The van der Waals surface area contributed by atoms with E-state index in [0.29, 0.717) is 25.2 Å². The van der Waals surface area contributed by atoms with E-state index in [2.05, 4.69) is 4.90 Å². The van der Waals surface area contributed by atoms with Crippen LogP contribution >= 0.6 is 0 Å². The lowest BCUT2D eigenvalue weighted by molar-refractivity contribution is -0.136. The fraction of sp³-hybridized carbons (Fsp3) is 0.381. The largest absolute Gasteiger partial charge is 0.341 e. The summed E-state index contributed by atoms with van der Waals surface area (Å²) >= 11 is 0. The van der Waals surface area contributed by atoms with Crippen molar-refractivity contribution in [3.63, 3.8) is 0 Å². The number of carbonyl (C=O) groups excluding carboxylic acids is 1. The summed E-state index contributed by atoms with van der Waals surface area (Å²) < 4.78 is 13.9. The molecule has 2 aromatic rings. The van der Waals surface area contributed by atoms with Crippen LogP contribution < -0.4 is 0 Å². The first-order chi connectivity index (χ1) is 12.1. The Morgan fingerprint density at radius 1 is 1.16 bits per heavy atom. The molecule has 132 valence electrons. The summed E-state index contributed by atoms with van der Waals surface area (Å²) in [4.78, 5) is 16.8. The maximum atomic E-state index is 13.9. The molecule has 0 unspecified atom stereocenters. The van der Waals surface area contributed by atoms with Gasteiger partial charge < -0.3 is 4.90 Å². The molecular formula is C21H25FN2O. The lowest BCUT2D eigenvalue weighted by Gasteiger charge is -2.34. The molecule has 3 nitrogen and oxygen atoms in total. The van der Waals surface area contributed by atoms with Gasteiger partial charge in [0.05, 0.1) is 5.92 Å². The van der Waals surface area contributed by atoms with E-state index in [1.54, 1.807) is 6.07 Å².